The lowest BCUT2D eigenvalue weighted by atomic mass is 10.2. The Morgan fingerprint density at radius 3 is 2.45 bits per heavy atom. The minimum absolute atomic E-state index is 0.194. The summed E-state index contributed by atoms with van der Waals surface area (Å²) in [5, 5.41) is 0.824. The van der Waals surface area contributed by atoms with Crippen LogP contribution in [0.4, 0.5) is 4.39 Å². The van der Waals surface area contributed by atoms with Crippen LogP contribution in [-0.2, 0) is 0 Å². The second kappa shape index (κ2) is 4.29. The third-order valence-corrected chi connectivity index (χ3v) is 1.64. The van der Waals surface area contributed by atoms with Crippen LogP contribution >= 0.6 is 15.9 Å². The molecule has 0 N–H and O–H groups in total. The summed E-state index contributed by atoms with van der Waals surface area (Å²) in [6, 6.07) is 6.39. The quantitative estimate of drug-likeness (QED) is 0.664. The van der Waals surface area contributed by atoms with Gasteiger partial charge in [0.05, 0.1) is 0 Å². The maximum atomic E-state index is 12.4. The molecule has 0 heterocycles. The first kappa shape index (κ1) is 8.47. The van der Waals surface area contributed by atoms with Crippen LogP contribution in [-0.4, -0.2) is 5.33 Å². The van der Waals surface area contributed by atoms with E-state index in [2.05, 4.69) is 15.9 Å². The molecule has 0 aliphatic rings. The molecule has 0 saturated heterocycles. The maximum Gasteiger partial charge on any atom is 0.123 e. The summed E-state index contributed by atoms with van der Waals surface area (Å²) in [6.07, 6.45) is 3.90. The third-order valence-electron chi connectivity index (χ3n) is 1.27. The van der Waals surface area contributed by atoms with Crippen LogP contribution < -0.4 is 0 Å². The Kier molecular flexibility index (Phi) is 3.30. The average Bonchev–Trinajstić information content (AvgIpc) is 2.04. The van der Waals surface area contributed by atoms with Crippen LogP contribution in [0.1, 0.15) is 5.56 Å². The molecule has 1 aromatic rings. The second-order valence-electron chi connectivity index (χ2n) is 2.11. The van der Waals surface area contributed by atoms with E-state index in [1.807, 2.05) is 12.2 Å². The number of halogens is 2. The van der Waals surface area contributed by atoms with Gasteiger partial charge in [0.25, 0.3) is 0 Å². The van der Waals surface area contributed by atoms with E-state index >= 15 is 0 Å². The largest absolute Gasteiger partial charge is 0.207 e. The van der Waals surface area contributed by atoms with E-state index in [1.54, 1.807) is 12.1 Å². The van der Waals surface area contributed by atoms with Gasteiger partial charge in [0.1, 0.15) is 5.82 Å². The molecule has 11 heavy (non-hydrogen) atoms. The van der Waals surface area contributed by atoms with Crippen LogP contribution in [0.5, 0.6) is 0 Å². The molecule has 0 saturated carbocycles. The molecule has 0 radical (unpaired) electrons. The standard InChI is InChI=1S/C9H8BrF/c10-7-1-2-8-3-5-9(11)6-4-8/h1-6H,7H2. The van der Waals surface area contributed by atoms with Crippen LogP contribution in [0.3, 0.4) is 0 Å². The van der Waals surface area contributed by atoms with Gasteiger partial charge >= 0.3 is 0 Å². The number of alkyl halides is 1. The van der Waals surface area contributed by atoms with Crippen molar-refractivity contribution in [1.29, 1.82) is 0 Å². The summed E-state index contributed by atoms with van der Waals surface area (Å²) in [4.78, 5) is 0. The smallest absolute Gasteiger partial charge is 0.123 e. The van der Waals surface area contributed by atoms with Gasteiger partial charge in [0.15, 0.2) is 0 Å². The number of benzene rings is 1. The number of hydrogen-bond donors (Lipinski definition) is 0. The highest BCUT2D eigenvalue weighted by molar-refractivity contribution is 9.09. The zero-order chi connectivity index (χ0) is 8.10. The lowest BCUT2D eigenvalue weighted by Crippen LogP contribution is -1.73. The Balaban J connectivity index is 2.73. The molecule has 0 unspecified atom stereocenters. The Labute approximate surface area is 73.9 Å². The molecule has 0 fully saturated rings. The Morgan fingerprint density at radius 2 is 1.91 bits per heavy atom. The second-order valence-corrected chi connectivity index (χ2v) is 2.76. The molecule has 1 aromatic carbocycles. The Bertz CT molecular complexity index is 238. The fourth-order valence-corrected chi connectivity index (χ4v) is 0.941. The third kappa shape index (κ3) is 2.85. The van der Waals surface area contributed by atoms with Crippen molar-refractivity contribution in [2.45, 2.75) is 0 Å². The van der Waals surface area contributed by atoms with Crippen molar-refractivity contribution in [3.8, 4) is 0 Å². The van der Waals surface area contributed by atoms with Gasteiger partial charge in [-0.1, -0.05) is 40.2 Å². The van der Waals surface area contributed by atoms with Gasteiger partial charge < -0.3 is 0 Å². The fraction of sp³-hybridized carbons (Fsp3) is 0.111. The fourth-order valence-electron chi connectivity index (χ4n) is 0.755. The molecule has 0 amide bonds. The van der Waals surface area contributed by atoms with Gasteiger partial charge in [-0.25, -0.2) is 4.39 Å². The zero-order valence-corrected chi connectivity index (χ0v) is 7.51. The van der Waals surface area contributed by atoms with Gasteiger partial charge in [0, 0.05) is 5.33 Å². The summed E-state index contributed by atoms with van der Waals surface area (Å²) in [5.41, 5.74) is 1.02. The highest BCUT2D eigenvalue weighted by atomic mass is 79.9. The van der Waals surface area contributed by atoms with Crippen molar-refractivity contribution < 1.29 is 4.39 Å². The molecule has 0 spiro atoms. The van der Waals surface area contributed by atoms with E-state index in [0.29, 0.717) is 0 Å². The first-order valence-electron chi connectivity index (χ1n) is 3.31. The predicted molar refractivity (Wildman–Crippen MR) is 49.2 cm³/mol. The van der Waals surface area contributed by atoms with Gasteiger partial charge in [-0.3, -0.25) is 0 Å². The first-order valence-corrected chi connectivity index (χ1v) is 4.43. The van der Waals surface area contributed by atoms with E-state index in [-0.39, 0.29) is 5.82 Å². The van der Waals surface area contributed by atoms with E-state index in [9.17, 15) is 4.39 Å². The van der Waals surface area contributed by atoms with E-state index in [1.165, 1.54) is 12.1 Å². The van der Waals surface area contributed by atoms with Gasteiger partial charge in [-0.15, -0.1) is 0 Å². The topological polar surface area (TPSA) is 0 Å². The minimum Gasteiger partial charge on any atom is -0.207 e. The van der Waals surface area contributed by atoms with Crippen LogP contribution in [0.2, 0.25) is 0 Å². The summed E-state index contributed by atoms with van der Waals surface area (Å²) >= 11 is 3.26. The normalized spacial score (nSPS) is 10.7. The van der Waals surface area contributed by atoms with Gasteiger partial charge in [-0.05, 0) is 17.7 Å². The van der Waals surface area contributed by atoms with Gasteiger partial charge in [-0.2, -0.15) is 0 Å². The van der Waals surface area contributed by atoms with E-state index in [4.69, 9.17) is 0 Å². The molecule has 0 aromatic heterocycles. The highest BCUT2D eigenvalue weighted by Crippen LogP contribution is 2.04. The Hall–Kier alpha value is -0.630. The molecule has 0 aliphatic carbocycles. The number of rotatable bonds is 2. The van der Waals surface area contributed by atoms with Crippen molar-refractivity contribution in [3.63, 3.8) is 0 Å². The molecule has 0 aliphatic heterocycles. The van der Waals surface area contributed by atoms with Crippen LogP contribution in [0.25, 0.3) is 6.08 Å². The number of allylic oxidation sites excluding steroid dienone is 1. The molecular weight excluding hydrogens is 207 g/mol. The average molecular weight is 215 g/mol. The predicted octanol–water partition coefficient (Wildman–Crippen LogP) is 3.23. The summed E-state index contributed by atoms with van der Waals surface area (Å²) in [7, 11) is 0. The SMILES string of the molecule is Fc1ccc(C=CCBr)cc1. The lowest BCUT2D eigenvalue weighted by Gasteiger charge is -1.90. The summed E-state index contributed by atoms with van der Waals surface area (Å²) < 4.78 is 12.4. The van der Waals surface area contributed by atoms with Crippen molar-refractivity contribution in [2.24, 2.45) is 0 Å². The lowest BCUT2D eigenvalue weighted by molar-refractivity contribution is 0.628. The zero-order valence-electron chi connectivity index (χ0n) is 5.93. The molecule has 0 atom stereocenters. The Morgan fingerprint density at radius 1 is 1.27 bits per heavy atom. The first-order chi connectivity index (χ1) is 5.33. The van der Waals surface area contributed by atoms with Crippen molar-refractivity contribution in [2.75, 3.05) is 5.33 Å². The molecule has 0 bridgehead atoms. The van der Waals surface area contributed by atoms with E-state index < -0.39 is 0 Å². The number of hydrogen-bond acceptors (Lipinski definition) is 0. The van der Waals surface area contributed by atoms with Crippen molar-refractivity contribution in [1.82, 2.24) is 0 Å². The highest BCUT2D eigenvalue weighted by Gasteiger charge is 1.87. The van der Waals surface area contributed by atoms with Crippen LogP contribution in [0, 0.1) is 5.82 Å². The minimum atomic E-state index is -0.194. The molecule has 0 nitrogen and oxygen atoms in total. The molecule has 1 rings (SSSR count). The maximum absolute atomic E-state index is 12.4. The van der Waals surface area contributed by atoms with Gasteiger partial charge in [0.2, 0.25) is 0 Å². The monoisotopic (exact) mass is 214 g/mol. The van der Waals surface area contributed by atoms with Crippen molar-refractivity contribution >= 4 is 22.0 Å². The summed E-state index contributed by atoms with van der Waals surface area (Å²) in [6.45, 7) is 0. The van der Waals surface area contributed by atoms with E-state index in [0.717, 1.165) is 10.9 Å². The molecular formula is C9H8BrF. The van der Waals surface area contributed by atoms with Crippen molar-refractivity contribution in [3.05, 3.63) is 41.7 Å². The van der Waals surface area contributed by atoms with Crippen LogP contribution in [0.15, 0.2) is 30.3 Å². The molecule has 2 heteroatoms. The molecule has 58 valence electrons. The summed E-state index contributed by atoms with van der Waals surface area (Å²) in [5.74, 6) is -0.194.